The van der Waals surface area contributed by atoms with Crippen LogP contribution in [0, 0.1) is 0 Å². The molecule has 0 bridgehead atoms. The van der Waals surface area contributed by atoms with Gasteiger partial charge in [0.2, 0.25) is 0 Å². The summed E-state index contributed by atoms with van der Waals surface area (Å²) in [6, 6.07) is 0. The summed E-state index contributed by atoms with van der Waals surface area (Å²) in [5, 5.41) is 8.58. The average Bonchev–Trinajstić information content (AvgIpc) is 2.14. The number of carboxylic acids is 1. The Balaban J connectivity index is 0. The molecule has 0 amide bonds. The Morgan fingerprint density at radius 3 is 2.20 bits per heavy atom. The summed E-state index contributed by atoms with van der Waals surface area (Å²) in [5.41, 5.74) is 0. The van der Waals surface area contributed by atoms with E-state index < -0.39 is 5.97 Å². The first-order valence-corrected chi connectivity index (χ1v) is 5.64. The molecule has 0 rings (SSSR count). The van der Waals surface area contributed by atoms with E-state index in [4.69, 9.17) is 5.11 Å². The quantitative estimate of drug-likeness (QED) is 0.627. The van der Waals surface area contributed by atoms with E-state index in [9.17, 15) is 4.79 Å². The van der Waals surface area contributed by atoms with Gasteiger partial charge in [0.25, 0.3) is 0 Å². The van der Waals surface area contributed by atoms with Gasteiger partial charge in [0.05, 0.1) is 6.42 Å². The number of rotatable bonds is 9. The van der Waals surface area contributed by atoms with Crippen LogP contribution in [0.3, 0.4) is 0 Å². The normalized spacial score (nSPS) is 10.1. The highest BCUT2D eigenvalue weighted by molar-refractivity contribution is 5.85. The number of hydrogen-bond donors (Lipinski definition) is 1. The second-order valence-corrected chi connectivity index (χ2v) is 3.69. The summed E-state index contributed by atoms with van der Waals surface area (Å²) in [6.45, 7) is 7.09. The predicted molar refractivity (Wildman–Crippen MR) is 65.8 cm³/mol. The van der Waals surface area contributed by atoms with Crippen molar-refractivity contribution in [1.29, 1.82) is 0 Å². The van der Waals surface area contributed by atoms with Crippen LogP contribution >= 0.6 is 12.4 Å². The molecule has 0 atom stereocenters. The van der Waals surface area contributed by atoms with Crippen LogP contribution < -0.4 is 0 Å². The smallest absolute Gasteiger partial charge is 0.304 e. The molecule has 15 heavy (non-hydrogen) atoms. The lowest BCUT2D eigenvalue weighted by atomic mass is 10.2. The summed E-state index contributed by atoms with van der Waals surface area (Å²) < 4.78 is 0. The second-order valence-electron chi connectivity index (χ2n) is 3.69. The number of halogens is 1. The minimum atomic E-state index is -0.693. The Morgan fingerprint density at radius 1 is 1.07 bits per heavy atom. The molecular formula is C11H24ClNO2. The summed E-state index contributed by atoms with van der Waals surface area (Å²) in [6.07, 6.45) is 5.03. The van der Waals surface area contributed by atoms with Crippen LogP contribution in [0.2, 0.25) is 0 Å². The fraction of sp³-hybridized carbons (Fsp3) is 0.909. The van der Waals surface area contributed by atoms with Gasteiger partial charge in [0.1, 0.15) is 0 Å². The largest absolute Gasteiger partial charge is 0.481 e. The van der Waals surface area contributed by atoms with E-state index in [0.717, 1.165) is 19.5 Å². The molecule has 0 aliphatic carbocycles. The number of hydrogen-bond acceptors (Lipinski definition) is 2. The molecule has 0 saturated carbocycles. The maximum Gasteiger partial charge on any atom is 0.304 e. The third kappa shape index (κ3) is 11.6. The Bertz CT molecular complexity index is 154. The molecule has 0 spiro atoms. The lowest BCUT2D eigenvalue weighted by molar-refractivity contribution is -0.137. The zero-order valence-electron chi connectivity index (χ0n) is 9.87. The van der Waals surface area contributed by atoms with Crippen molar-refractivity contribution in [1.82, 2.24) is 4.90 Å². The van der Waals surface area contributed by atoms with E-state index in [1.54, 1.807) is 0 Å². The fourth-order valence-corrected chi connectivity index (χ4v) is 1.49. The minimum Gasteiger partial charge on any atom is -0.481 e. The van der Waals surface area contributed by atoms with Gasteiger partial charge >= 0.3 is 5.97 Å². The van der Waals surface area contributed by atoms with Crippen LogP contribution in [-0.4, -0.2) is 35.6 Å². The summed E-state index contributed by atoms with van der Waals surface area (Å²) in [7, 11) is 0. The molecule has 0 aromatic rings. The van der Waals surface area contributed by atoms with Gasteiger partial charge in [-0.3, -0.25) is 4.79 Å². The molecule has 1 N–H and O–H groups in total. The van der Waals surface area contributed by atoms with E-state index in [2.05, 4.69) is 18.7 Å². The Labute approximate surface area is 99.3 Å². The molecule has 4 heteroatoms. The van der Waals surface area contributed by atoms with Crippen molar-refractivity contribution in [3.63, 3.8) is 0 Å². The summed E-state index contributed by atoms with van der Waals surface area (Å²) in [5.74, 6) is -0.693. The molecule has 0 aliphatic heterocycles. The van der Waals surface area contributed by atoms with Crippen molar-refractivity contribution >= 4 is 18.4 Å². The molecule has 0 unspecified atom stereocenters. The van der Waals surface area contributed by atoms with Crippen LogP contribution in [0.25, 0.3) is 0 Å². The topological polar surface area (TPSA) is 40.5 Å². The van der Waals surface area contributed by atoms with Gasteiger partial charge in [-0.2, -0.15) is 0 Å². The highest BCUT2D eigenvalue weighted by Crippen LogP contribution is 2.00. The second kappa shape index (κ2) is 11.8. The van der Waals surface area contributed by atoms with Crippen LogP contribution in [0.5, 0.6) is 0 Å². The average molecular weight is 238 g/mol. The third-order valence-electron chi connectivity index (χ3n) is 2.26. The first-order chi connectivity index (χ1) is 6.70. The van der Waals surface area contributed by atoms with Gasteiger partial charge in [-0.05, 0) is 25.9 Å². The van der Waals surface area contributed by atoms with Crippen molar-refractivity contribution in [3.8, 4) is 0 Å². The van der Waals surface area contributed by atoms with Crippen molar-refractivity contribution < 1.29 is 9.90 Å². The lowest BCUT2D eigenvalue weighted by Crippen LogP contribution is -2.28. The molecule has 0 aromatic carbocycles. The maximum atomic E-state index is 10.4. The monoisotopic (exact) mass is 237 g/mol. The number of carboxylic acid groups (broad SMARTS) is 1. The highest BCUT2D eigenvalue weighted by atomic mass is 35.5. The molecule has 0 aliphatic rings. The zero-order valence-corrected chi connectivity index (χ0v) is 10.7. The van der Waals surface area contributed by atoms with E-state index in [1.165, 1.54) is 19.3 Å². The standard InChI is InChI=1S/C11H23NO2.ClH/c1-3-5-6-9-12(8-4-2)10-7-11(13)14;/h3-10H2,1-2H3,(H,13,14);1H. The molecule has 0 fully saturated rings. The van der Waals surface area contributed by atoms with Crippen LogP contribution in [0.4, 0.5) is 0 Å². The van der Waals surface area contributed by atoms with E-state index >= 15 is 0 Å². The van der Waals surface area contributed by atoms with Crippen molar-refractivity contribution in [2.24, 2.45) is 0 Å². The van der Waals surface area contributed by atoms with Crippen LogP contribution in [-0.2, 0) is 4.79 Å². The SMILES string of the molecule is CCCCCN(CCC)CCC(=O)O.Cl. The van der Waals surface area contributed by atoms with Gasteiger partial charge in [0.15, 0.2) is 0 Å². The molecule has 92 valence electrons. The third-order valence-corrected chi connectivity index (χ3v) is 2.26. The van der Waals surface area contributed by atoms with Gasteiger partial charge in [-0.15, -0.1) is 12.4 Å². The van der Waals surface area contributed by atoms with Gasteiger partial charge in [0, 0.05) is 6.54 Å². The van der Waals surface area contributed by atoms with Crippen molar-refractivity contribution in [2.75, 3.05) is 19.6 Å². The first kappa shape index (κ1) is 17.1. The van der Waals surface area contributed by atoms with Gasteiger partial charge in [-0.25, -0.2) is 0 Å². The van der Waals surface area contributed by atoms with Gasteiger partial charge < -0.3 is 10.0 Å². The van der Waals surface area contributed by atoms with E-state index in [0.29, 0.717) is 6.54 Å². The first-order valence-electron chi connectivity index (χ1n) is 5.64. The highest BCUT2D eigenvalue weighted by Gasteiger charge is 2.05. The summed E-state index contributed by atoms with van der Waals surface area (Å²) in [4.78, 5) is 12.7. The molecule has 0 saturated heterocycles. The Morgan fingerprint density at radius 2 is 1.73 bits per heavy atom. The molecular weight excluding hydrogens is 214 g/mol. The van der Waals surface area contributed by atoms with Crippen molar-refractivity contribution in [3.05, 3.63) is 0 Å². The van der Waals surface area contributed by atoms with Crippen LogP contribution in [0.1, 0.15) is 46.0 Å². The molecule has 3 nitrogen and oxygen atoms in total. The predicted octanol–water partition coefficient (Wildman–Crippen LogP) is 2.79. The van der Waals surface area contributed by atoms with Gasteiger partial charge in [-0.1, -0.05) is 26.7 Å². The number of carbonyl (C=O) groups is 1. The maximum absolute atomic E-state index is 10.4. The number of unbranched alkanes of at least 4 members (excludes halogenated alkanes) is 2. The fourth-order valence-electron chi connectivity index (χ4n) is 1.49. The molecule has 0 heterocycles. The zero-order chi connectivity index (χ0) is 10.8. The number of aliphatic carboxylic acids is 1. The number of nitrogens with zero attached hydrogens (tertiary/aromatic N) is 1. The van der Waals surface area contributed by atoms with E-state index in [1.807, 2.05) is 0 Å². The van der Waals surface area contributed by atoms with E-state index in [-0.39, 0.29) is 18.8 Å². The van der Waals surface area contributed by atoms with Crippen LogP contribution in [0.15, 0.2) is 0 Å². The van der Waals surface area contributed by atoms with Crippen molar-refractivity contribution in [2.45, 2.75) is 46.0 Å². The lowest BCUT2D eigenvalue weighted by Gasteiger charge is -2.20. The minimum absolute atomic E-state index is 0. The Kier molecular flexibility index (Phi) is 13.5. The molecule has 0 aromatic heterocycles. The molecule has 0 radical (unpaired) electrons. The summed E-state index contributed by atoms with van der Waals surface area (Å²) >= 11 is 0. The Hall–Kier alpha value is -0.280.